The molecule has 0 bridgehead atoms. The summed E-state index contributed by atoms with van der Waals surface area (Å²) >= 11 is 9.53. The average Bonchev–Trinajstić information content (AvgIpc) is 3.10. The van der Waals surface area contributed by atoms with Crippen molar-refractivity contribution >= 4 is 71.3 Å². The fourth-order valence-electron chi connectivity index (χ4n) is 5.16. The maximum absolute atomic E-state index is 5.62. The second-order valence-corrected chi connectivity index (χ2v) is 15.2. The van der Waals surface area contributed by atoms with E-state index < -0.39 is 15.8 Å². The Morgan fingerprint density at radius 3 is 1.26 bits per heavy atom. The monoisotopic (exact) mass is 741 g/mol. The van der Waals surface area contributed by atoms with E-state index in [0.717, 1.165) is 11.8 Å². The molecule has 1 atom stereocenters. The van der Waals surface area contributed by atoms with Crippen molar-refractivity contribution in [2.75, 3.05) is 11.5 Å². The summed E-state index contributed by atoms with van der Waals surface area (Å²) in [4.78, 5) is 0. The van der Waals surface area contributed by atoms with Crippen LogP contribution >= 0.6 is 39.0 Å². The number of benzene rings is 6. The number of halogens is 3. The van der Waals surface area contributed by atoms with Crippen molar-refractivity contribution in [3.05, 3.63) is 187 Å². The van der Waals surface area contributed by atoms with Crippen LogP contribution in [-0.2, 0) is 16.5 Å². The van der Waals surface area contributed by atoms with Crippen molar-refractivity contribution in [1.29, 1.82) is 0 Å². The van der Waals surface area contributed by atoms with Crippen LogP contribution in [0.25, 0.3) is 5.32 Å². The van der Waals surface area contributed by atoms with Crippen molar-refractivity contribution in [2.45, 2.75) is 6.04 Å². The van der Waals surface area contributed by atoms with Gasteiger partial charge in [0.2, 0.25) is 0 Å². The third-order valence-corrected chi connectivity index (χ3v) is 12.2. The molecule has 0 fully saturated rings. The summed E-state index contributed by atoms with van der Waals surface area (Å²) in [5.41, 5.74) is 2.33. The summed E-state index contributed by atoms with van der Waals surface area (Å²) in [6.07, 6.45) is 0.941. The van der Waals surface area contributed by atoms with Crippen LogP contribution in [0.1, 0.15) is 11.6 Å². The third-order valence-electron chi connectivity index (χ3n) is 7.12. The fourth-order valence-corrected chi connectivity index (χ4v) is 9.97. The molecule has 0 heterocycles. The molecule has 6 rings (SSSR count). The molecule has 236 valence electrons. The third kappa shape index (κ3) is 10.4. The van der Waals surface area contributed by atoms with Gasteiger partial charge in [-0.15, -0.1) is 28.9 Å². The molecule has 1 nitrogen and oxygen atoms in total. The first-order valence-corrected chi connectivity index (χ1v) is 18.5. The van der Waals surface area contributed by atoms with E-state index in [2.05, 4.69) is 176 Å². The van der Waals surface area contributed by atoms with Crippen LogP contribution < -0.4 is 38.9 Å². The van der Waals surface area contributed by atoms with E-state index in [0.29, 0.717) is 0 Å². The quantitative estimate of drug-likeness (QED) is 0.0839. The van der Waals surface area contributed by atoms with Gasteiger partial charge in [0.05, 0.1) is 5.34 Å². The van der Waals surface area contributed by atoms with Gasteiger partial charge in [0.25, 0.3) is 0 Å². The summed E-state index contributed by atoms with van der Waals surface area (Å²) in [6.45, 7) is 0. The molecule has 0 amide bonds. The van der Waals surface area contributed by atoms with Gasteiger partial charge in [0, 0.05) is 0 Å². The van der Waals surface area contributed by atoms with Gasteiger partial charge in [-0.1, -0.05) is 188 Å². The van der Waals surface area contributed by atoms with Crippen LogP contribution in [0.4, 0.5) is 5.69 Å². The van der Waals surface area contributed by atoms with Crippen LogP contribution in [0.5, 0.6) is 0 Å². The second-order valence-electron chi connectivity index (χ2n) is 9.93. The number of alkyl halides is 2. The molecule has 46 heavy (non-hydrogen) atoms. The number of nitrogens with zero attached hydrogens (tertiary/aromatic N) is 1. The van der Waals surface area contributed by atoms with Gasteiger partial charge in [-0.2, -0.15) is 0 Å². The van der Waals surface area contributed by atoms with E-state index in [1.165, 1.54) is 32.1 Å². The van der Waals surface area contributed by atoms with Crippen LogP contribution in [0, 0.1) is 0 Å². The minimum Gasteiger partial charge on any atom is -1.00 e. The van der Waals surface area contributed by atoms with Gasteiger partial charge in [-0.3, -0.25) is 0 Å². The molecule has 0 saturated carbocycles. The zero-order valence-corrected chi connectivity index (χ0v) is 30.1. The van der Waals surface area contributed by atoms with E-state index in [9.17, 15) is 0 Å². The topological polar surface area (TPSA) is 14.1 Å². The van der Waals surface area contributed by atoms with E-state index in [1.54, 1.807) is 0 Å². The predicted molar refractivity (Wildman–Crippen MR) is 198 cm³/mol. The van der Waals surface area contributed by atoms with Gasteiger partial charge < -0.3 is 17.7 Å². The molecular weight excluding hydrogens is 709 g/mol. The number of hydrogen-bond acceptors (Lipinski definition) is 0. The predicted octanol–water partition coefficient (Wildman–Crippen LogP) is 6.75. The van der Waals surface area contributed by atoms with Crippen molar-refractivity contribution < 1.29 is 28.9 Å². The molecule has 0 saturated heterocycles. The molecule has 0 aromatic heterocycles. The normalized spacial score (nSPS) is 11.0. The first-order valence-electron chi connectivity index (χ1n) is 14.5. The molecule has 6 aromatic rings. The Hall–Kier alpha value is -2.66. The SMILES string of the molecule is ClCCl.[Cl-].[Ni+2].c1ccc([C@@H](CP(c2ccccc2)c2ccccc2)[N-]c2ccccc2P(c2ccccc2)c2ccccc2)cc1. The van der Waals surface area contributed by atoms with Crippen LogP contribution in [0.3, 0.4) is 0 Å². The Bertz CT molecular complexity index is 1590. The van der Waals surface area contributed by atoms with Gasteiger partial charge in [0.1, 0.15) is 0 Å². The van der Waals surface area contributed by atoms with E-state index in [-0.39, 0.29) is 40.3 Å². The molecule has 0 aliphatic carbocycles. The summed E-state index contributed by atoms with van der Waals surface area (Å²) in [5.74, 6) is 0. The zero-order valence-electron chi connectivity index (χ0n) is 25.0. The summed E-state index contributed by atoms with van der Waals surface area (Å²) in [6, 6.07) is 63.4. The largest absolute Gasteiger partial charge is 2.00 e. The number of para-hydroxylation sites is 1. The first kappa shape index (κ1) is 37.8. The maximum Gasteiger partial charge on any atom is 2.00 e. The Labute approximate surface area is 302 Å². The molecule has 0 unspecified atom stereocenters. The molecule has 7 heteroatoms. The zero-order chi connectivity index (χ0) is 30.4. The Morgan fingerprint density at radius 1 is 0.478 bits per heavy atom. The van der Waals surface area contributed by atoms with Crippen molar-refractivity contribution in [3.8, 4) is 0 Å². The minimum atomic E-state index is -0.763. The standard InChI is InChI=1S/C38H32NP2.CH2Cl2.ClH.Ni/c1-6-18-31(19-7-1)37(30-40(32-20-8-2-9-21-32)33-22-10-3-11-23-33)39-36-28-16-17-29-38(36)41(34-24-12-4-13-25-34)35-26-14-5-15-27-35;2-1-3;;/h1-29,37H,30H2;1H2;1H;/q-1;;;+2/p-1/t37-;;;/m1.../s1. The van der Waals surface area contributed by atoms with Gasteiger partial charge in [-0.05, 0) is 48.5 Å². The minimum absolute atomic E-state index is 0. The van der Waals surface area contributed by atoms with E-state index in [1.807, 2.05) is 0 Å². The molecule has 0 aliphatic heterocycles. The number of hydrogen-bond donors (Lipinski definition) is 0. The van der Waals surface area contributed by atoms with Crippen LogP contribution in [0.15, 0.2) is 176 Å². The van der Waals surface area contributed by atoms with Crippen LogP contribution in [-0.4, -0.2) is 11.5 Å². The fraction of sp³-hybridized carbons (Fsp3) is 0.0769. The van der Waals surface area contributed by atoms with E-state index in [4.69, 9.17) is 28.5 Å². The van der Waals surface area contributed by atoms with Crippen LogP contribution in [0.2, 0.25) is 0 Å². The van der Waals surface area contributed by atoms with Gasteiger partial charge in [0.15, 0.2) is 0 Å². The summed E-state index contributed by atoms with van der Waals surface area (Å²) < 4.78 is 0. The molecule has 0 spiro atoms. The van der Waals surface area contributed by atoms with Gasteiger partial charge in [-0.25, -0.2) is 0 Å². The number of rotatable bonds is 10. The van der Waals surface area contributed by atoms with E-state index >= 15 is 0 Å². The van der Waals surface area contributed by atoms with Gasteiger partial charge >= 0.3 is 16.5 Å². The molecule has 0 aliphatic rings. The molecular formula is C39H34Cl3NNiP2. The smallest absolute Gasteiger partial charge is 1.00 e. The summed E-state index contributed by atoms with van der Waals surface area (Å²) in [7, 11) is -1.37. The maximum atomic E-state index is 5.62. The average molecular weight is 744 g/mol. The molecule has 6 aromatic carbocycles. The Kier molecular flexibility index (Phi) is 16.9. The second kappa shape index (κ2) is 20.6. The van der Waals surface area contributed by atoms with Crippen molar-refractivity contribution in [3.63, 3.8) is 0 Å². The first-order chi connectivity index (χ1) is 21.8. The van der Waals surface area contributed by atoms with Crippen molar-refractivity contribution in [2.24, 2.45) is 0 Å². The molecule has 0 radical (unpaired) electrons. The van der Waals surface area contributed by atoms with Crippen molar-refractivity contribution in [1.82, 2.24) is 0 Å². The summed E-state index contributed by atoms with van der Waals surface area (Å²) in [5, 5.41) is 12.6. The Morgan fingerprint density at radius 2 is 0.826 bits per heavy atom. The Balaban J connectivity index is 0.00000111. The molecule has 0 N–H and O–H groups in total.